The van der Waals surface area contributed by atoms with Gasteiger partial charge in [-0.1, -0.05) is 19.1 Å². The minimum Gasteiger partial charge on any atom is -0.481 e. The fourth-order valence-electron chi connectivity index (χ4n) is 1.84. The van der Waals surface area contributed by atoms with Crippen LogP contribution < -0.4 is 10.1 Å². The van der Waals surface area contributed by atoms with Crippen molar-refractivity contribution in [2.24, 2.45) is 5.92 Å². The van der Waals surface area contributed by atoms with Crippen LogP contribution in [-0.2, 0) is 9.59 Å². The van der Waals surface area contributed by atoms with Crippen LogP contribution in [0.25, 0.3) is 0 Å². The summed E-state index contributed by atoms with van der Waals surface area (Å²) < 4.78 is 5.58. The van der Waals surface area contributed by atoms with Gasteiger partial charge in [0.25, 0.3) is 5.91 Å². The van der Waals surface area contributed by atoms with E-state index in [1.165, 1.54) is 0 Å². The zero-order valence-corrected chi connectivity index (χ0v) is 12.8. The van der Waals surface area contributed by atoms with Gasteiger partial charge in [-0.05, 0) is 43.9 Å². The van der Waals surface area contributed by atoms with E-state index in [1.54, 1.807) is 6.92 Å². The van der Waals surface area contributed by atoms with Gasteiger partial charge in [0.15, 0.2) is 6.10 Å². The average molecular weight is 293 g/mol. The number of aliphatic carboxylic acids is 1. The fourth-order valence-corrected chi connectivity index (χ4v) is 1.84. The molecule has 1 aromatic rings. The molecule has 2 unspecified atom stereocenters. The number of rotatable bonds is 8. The predicted octanol–water partition coefficient (Wildman–Crippen LogP) is 2.38. The lowest BCUT2D eigenvalue weighted by Gasteiger charge is -2.17. The first-order valence-electron chi connectivity index (χ1n) is 7.11. The maximum Gasteiger partial charge on any atom is 0.303 e. The molecule has 5 heteroatoms. The summed E-state index contributed by atoms with van der Waals surface area (Å²) in [5, 5.41) is 11.4. The molecule has 0 aromatic heterocycles. The Labute approximate surface area is 125 Å². The molecule has 1 aromatic carbocycles. The van der Waals surface area contributed by atoms with Crippen LogP contribution >= 0.6 is 0 Å². The molecule has 1 rings (SSSR count). The monoisotopic (exact) mass is 293 g/mol. The van der Waals surface area contributed by atoms with E-state index in [-0.39, 0.29) is 18.2 Å². The summed E-state index contributed by atoms with van der Waals surface area (Å²) >= 11 is 0. The lowest BCUT2D eigenvalue weighted by atomic mass is 10.1. The standard InChI is InChI=1S/C16H23NO4/c1-11-5-4-6-14(9-11)21-13(3)16(20)17-10-12(2)7-8-15(18)19/h4-6,9,12-13H,7-8,10H2,1-3H3,(H,17,20)(H,18,19). The Morgan fingerprint density at radius 2 is 2.05 bits per heavy atom. The van der Waals surface area contributed by atoms with E-state index in [1.807, 2.05) is 38.1 Å². The summed E-state index contributed by atoms with van der Waals surface area (Å²) in [5.74, 6) is -0.226. The highest BCUT2D eigenvalue weighted by Crippen LogP contribution is 2.14. The van der Waals surface area contributed by atoms with Crippen LogP contribution in [0.1, 0.15) is 32.3 Å². The zero-order chi connectivity index (χ0) is 15.8. The second-order valence-electron chi connectivity index (χ2n) is 5.36. The zero-order valence-electron chi connectivity index (χ0n) is 12.8. The van der Waals surface area contributed by atoms with Crippen molar-refractivity contribution in [3.05, 3.63) is 29.8 Å². The summed E-state index contributed by atoms with van der Waals surface area (Å²) in [7, 11) is 0. The van der Waals surface area contributed by atoms with Gasteiger partial charge in [-0.2, -0.15) is 0 Å². The van der Waals surface area contributed by atoms with Crippen molar-refractivity contribution in [1.82, 2.24) is 5.32 Å². The summed E-state index contributed by atoms with van der Waals surface area (Å²) in [6, 6.07) is 7.52. The molecule has 0 saturated heterocycles. The molecule has 0 fully saturated rings. The number of carboxylic acids is 1. The summed E-state index contributed by atoms with van der Waals surface area (Å²) in [5.41, 5.74) is 1.07. The molecular weight excluding hydrogens is 270 g/mol. The third-order valence-electron chi connectivity index (χ3n) is 3.15. The van der Waals surface area contributed by atoms with Crippen molar-refractivity contribution in [2.45, 2.75) is 39.7 Å². The fraction of sp³-hybridized carbons (Fsp3) is 0.500. The van der Waals surface area contributed by atoms with Crippen LogP contribution in [0.5, 0.6) is 5.75 Å². The van der Waals surface area contributed by atoms with Crippen molar-refractivity contribution in [3.63, 3.8) is 0 Å². The Balaban J connectivity index is 2.35. The minimum atomic E-state index is -0.815. The van der Waals surface area contributed by atoms with Gasteiger partial charge in [-0.25, -0.2) is 0 Å². The average Bonchev–Trinajstić information content (AvgIpc) is 2.42. The van der Waals surface area contributed by atoms with Gasteiger partial charge in [0.05, 0.1) is 0 Å². The van der Waals surface area contributed by atoms with Crippen LogP contribution in [0.4, 0.5) is 0 Å². The van der Waals surface area contributed by atoms with Crippen molar-refractivity contribution >= 4 is 11.9 Å². The Morgan fingerprint density at radius 3 is 2.67 bits per heavy atom. The quantitative estimate of drug-likeness (QED) is 0.771. The van der Waals surface area contributed by atoms with E-state index >= 15 is 0 Å². The largest absolute Gasteiger partial charge is 0.481 e. The molecule has 2 atom stereocenters. The normalized spacial score (nSPS) is 13.3. The molecule has 0 aliphatic heterocycles. The summed E-state index contributed by atoms with van der Waals surface area (Å²) in [6.07, 6.45) is 0.0771. The SMILES string of the molecule is Cc1cccc(OC(C)C(=O)NCC(C)CCC(=O)O)c1. The highest BCUT2D eigenvalue weighted by molar-refractivity contribution is 5.80. The van der Waals surface area contributed by atoms with Gasteiger partial charge >= 0.3 is 5.97 Å². The van der Waals surface area contributed by atoms with Crippen LogP contribution in [0.15, 0.2) is 24.3 Å². The molecular formula is C16H23NO4. The maximum absolute atomic E-state index is 11.9. The second-order valence-corrected chi connectivity index (χ2v) is 5.36. The van der Waals surface area contributed by atoms with E-state index in [0.29, 0.717) is 18.7 Å². The van der Waals surface area contributed by atoms with Crippen molar-refractivity contribution in [2.75, 3.05) is 6.54 Å². The Morgan fingerprint density at radius 1 is 1.33 bits per heavy atom. The third-order valence-corrected chi connectivity index (χ3v) is 3.15. The third kappa shape index (κ3) is 6.79. The highest BCUT2D eigenvalue weighted by atomic mass is 16.5. The number of nitrogens with one attached hydrogen (secondary N) is 1. The Kier molecular flexibility index (Phi) is 6.72. The van der Waals surface area contributed by atoms with Crippen molar-refractivity contribution in [1.29, 1.82) is 0 Å². The second kappa shape index (κ2) is 8.29. The summed E-state index contributed by atoms with van der Waals surface area (Å²) in [6.45, 7) is 6.02. The van der Waals surface area contributed by atoms with Crippen molar-refractivity contribution < 1.29 is 19.4 Å². The Bertz CT molecular complexity index is 487. The van der Waals surface area contributed by atoms with Crippen LogP contribution in [0, 0.1) is 12.8 Å². The number of hydrogen-bond donors (Lipinski definition) is 2. The molecule has 0 spiro atoms. The lowest BCUT2D eigenvalue weighted by molar-refractivity contribution is -0.137. The van der Waals surface area contributed by atoms with Crippen molar-refractivity contribution in [3.8, 4) is 5.75 Å². The molecule has 2 N–H and O–H groups in total. The molecule has 21 heavy (non-hydrogen) atoms. The molecule has 0 aliphatic carbocycles. The van der Waals surface area contributed by atoms with Crippen LogP contribution in [0.2, 0.25) is 0 Å². The first kappa shape index (κ1) is 17.0. The number of benzene rings is 1. The number of carbonyl (C=O) groups excluding carboxylic acids is 1. The van der Waals surface area contributed by atoms with Gasteiger partial charge in [0, 0.05) is 13.0 Å². The van der Waals surface area contributed by atoms with E-state index < -0.39 is 12.1 Å². The summed E-state index contributed by atoms with van der Waals surface area (Å²) in [4.78, 5) is 22.4. The lowest BCUT2D eigenvalue weighted by Crippen LogP contribution is -2.38. The van der Waals surface area contributed by atoms with E-state index in [4.69, 9.17) is 9.84 Å². The van der Waals surface area contributed by atoms with E-state index in [9.17, 15) is 9.59 Å². The van der Waals surface area contributed by atoms with Gasteiger partial charge in [0.2, 0.25) is 0 Å². The molecule has 0 bridgehead atoms. The minimum absolute atomic E-state index is 0.117. The van der Waals surface area contributed by atoms with E-state index in [0.717, 1.165) is 5.56 Å². The molecule has 5 nitrogen and oxygen atoms in total. The highest BCUT2D eigenvalue weighted by Gasteiger charge is 2.15. The predicted molar refractivity (Wildman–Crippen MR) is 80.3 cm³/mol. The molecule has 0 heterocycles. The smallest absolute Gasteiger partial charge is 0.303 e. The van der Waals surface area contributed by atoms with Crippen LogP contribution in [-0.4, -0.2) is 29.6 Å². The molecule has 116 valence electrons. The topological polar surface area (TPSA) is 75.6 Å². The van der Waals surface area contributed by atoms with Gasteiger partial charge in [-0.3, -0.25) is 9.59 Å². The van der Waals surface area contributed by atoms with Gasteiger partial charge < -0.3 is 15.2 Å². The number of ether oxygens (including phenoxy) is 1. The number of carbonyl (C=O) groups is 2. The molecule has 1 amide bonds. The number of hydrogen-bond acceptors (Lipinski definition) is 3. The Hall–Kier alpha value is -2.04. The molecule has 0 aliphatic rings. The number of carboxylic acid groups (broad SMARTS) is 1. The molecule has 0 saturated carbocycles. The van der Waals surface area contributed by atoms with Gasteiger partial charge in [-0.15, -0.1) is 0 Å². The molecule has 0 radical (unpaired) electrons. The first-order chi connectivity index (χ1) is 9.88. The van der Waals surface area contributed by atoms with E-state index in [2.05, 4.69) is 5.32 Å². The maximum atomic E-state index is 11.9. The number of amides is 1. The van der Waals surface area contributed by atoms with Crippen LogP contribution in [0.3, 0.4) is 0 Å². The first-order valence-corrected chi connectivity index (χ1v) is 7.11. The van der Waals surface area contributed by atoms with Gasteiger partial charge in [0.1, 0.15) is 5.75 Å². The number of aryl methyl sites for hydroxylation is 1.